The highest BCUT2D eigenvalue weighted by molar-refractivity contribution is 6.02. The summed E-state index contributed by atoms with van der Waals surface area (Å²) in [5, 5.41) is 29.0. The van der Waals surface area contributed by atoms with Crippen molar-refractivity contribution in [3.63, 3.8) is 0 Å². The maximum atomic E-state index is 13.5. The number of nitrogens with two attached hydrogens (primary N) is 2. The Hall–Kier alpha value is -3.91. The number of nitrogens with one attached hydrogen (secondary N) is 3. The number of hydrogen-bond acceptors (Lipinski definition) is 11. The topological polar surface area (TPSA) is 210 Å². The van der Waals surface area contributed by atoms with Crippen LogP contribution in [-0.2, 0) is 15.0 Å². The number of carbonyl (C=O) groups is 3. The lowest BCUT2D eigenvalue weighted by Gasteiger charge is -2.46. The Morgan fingerprint density at radius 2 is 1.97 bits per heavy atom. The van der Waals surface area contributed by atoms with Gasteiger partial charge >= 0.3 is 5.96 Å². The molecule has 208 valence electrons. The van der Waals surface area contributed by atoms with Crippen LogP contribution in [0, 0.1) is 0 Å². The number of nitrogens with zero attached hydrogens (tertiary/aromatic N) is 3. The van der Waals surface area contributed by atoms with Gasteiger partial charge in [-0.2, -0.15) is 0 Å². The third-order valence-corrected chi connectivity index (χ3v) is 8.68. The third-order valence-electron chi connectivity index (χ3n) is 8.68. The quantitative estimate of drug-likeness (QED) is 0.144. The Balaban J connectivity index is 1.32. The van der Waals surface area contributed by atoms with Crippen LogP contribution in [0.5, 0.6) is 5.75 Å². The van der Waals surface area contributed by atoms with Gasteiger partial charge in [-0.05, 0) is 17.9 Å². The van der Waals surface area contributed by atoms with E-state index in [1.165, 1.54) is 4.90 Å². The summed E-state index contributed by atoms with van der Waals surface area (Å²) in [6.45, 7) is 4.40. The number of rotatable bonds is 4. The second kappa shape index (κ2) is 8.29. The van der Waals surface area contributed by atoms with Crippen LogP contribution in [0.1, 0.15) is 49.0 Å². The van der Waals surface area contributed by atoms with Crippen LogP contribution in [0.25, 0.3) is 0 Å². The molecule has 1 unspecified atom stereocenters. The van der Waals surface area contributed by atoms with E-state index >= 15 is 0 Å². The Morgan fingerprint density at radius 3 is 2.69 bits per heavy atom. The van der Waals surface area contributed by atoms with Crippen molar-refractivity contribution in [1.29, 1.82) is 0 Å². The highest BCUT2D eigenvalue weighted by atomic mass is 16.5. The average molecular weight is 542 g/mol. The summed E-state index contributed by atoms with van der Waals surface area (Å²) >= 11 is 0. The number of para-hydroxylation sites is 1. The first-order chi connectivity index (χ1) is 18.4. The van der Waals surface area contributed by atoms with Gasteiger partial charge < -0.3 is 26.0 Å². The number of benzene rings is 1. The number of fused-ring (bicyclic) bond motifs is 1. The normalized spacial score (nSPS) is 31.9. The molecule has 5 aliphatic rings. The monoisotopic (exact) mass is 541 g/mol. The van der Waals surface area contributed by atoms with E-state index in [0.717, 1.165) is 16.9 Å². The molecule has 0 aromatic heterocycles. The Morgan fingerprint density at radius 1 is 1.26 bits per heavy atom. The van der Waals surface area contributed by atoms with Crippen LogP contribution in [0.15, 0.2) is 23.2 Å². The number of aliphatic imine (C=N–C) groups is 1. The van der Waals surface area contributed by atoms with Crippen molar-refractivity contribution >= 4 is 29.6 Å². The first-order valence-electron chi connectivity index (χ1n) is 13.0. The number of guanidine groups is 2. The van der Waals surface area contributed by atoms with Crippen LogP contribution >= 0.6 is 0 Å². The van der Waals surface area contributed by atoms with Gasteiger partial charge in [0, 0.05) is 18.4 Å². The molecule has 1 spiro atoms. The lowest BCUT2D eigenvalue weighted by Crippen LogP contribution is -2.90. The summed E-state index contributed by atoms with van der Waals surface area (Å²) in [5.74, 6) is -3.37. The maximum Gasteiger partial charge on any atom is 0.343 e. The lowest BCUT2D eigenvalue weighted by atomic mass is 9.79. The second-order valence-electron chi connectivity index (χ2n) is 11.4. The molecule has 1 aromatic rings. The zero-order valence-electron chi connectivity index (χ0n) is 21.7. The molecular formula is C25H33N8O6+. The van der Waals surface area contributed by atoms with Crippen LogP contribution in [0.4, 0.5) is 0 Å². The first kappa shape index (κ1) is 25.4. The Bertz CT molecular complexity index is 1330. The number of ether oxygens (including phenoxy) is 1. The molecule has 2 saturated heterocycles. The fraction of sp³-hybridized carbons (Fsp3) is 0.560. The largest absolute Gasteiger partial charge is 0.492 e. The van der Waals surface area contributed by atoms with E-state index in [0.29, 0.717) is 12.4 Å². The van der Waals surface area contributed by atoms with Crippen LogP contribution in [0.3, 0.4) is 0 Å². The fourth-order valence-electron chi connectivity index (χ4n) is 6.52. The van der Waals surface area contributed by atoms with Gasteiger partial charge in [0.1, 0.15) is 17.8 Å². The molecule has 14 nitrogen and oxygen atoms in total. The Labute approximate surface area is 224 Å². The summed E-state index contributed by atoms with van der Waals surface area (Å²) < 4.78 is 5.88. The predicted molar refractivity (Wildman–Crippen MR) is 136 cm³/mol. The highest BCUT2D eigenvalue weighted by Crippen LogP contribution is 2.43. The fourth-order valence-corrected chi connectivity index (χ4v) is 6.52. The molecule has 0 aliphatic carbocycles. The SMILES string of the molecule is CC1(C)CCOc2c(C(=O)NC3CN4C(N)=N[C@@H](CN5C(=O)CCC5=O)[C@@H]5[NH+]=C(N)N[C@@]54C3(O)O)cccc21. The summed E-state index contributed by atoms with van der Waals surface area (Å²) in [4.78, 5) is 48.1. The third kappa shape index (κ3) is 3.50. The van der Waals surface area contributed by atoms with Gasteiger partial charge in [0.2, 0.25) is 17.6 Å². The highest BCUT2D eigenvalue weighted by Gasteiger charge is 2.76. The number of aliphatic hydroxyl groups is 2. The molecule has 0 bridgehead atoms. The number of likely N-dealkylation sites (tertiary alicyclic amines) is 1. The number of amides is 3. The van der Waals surface area contributed by atoms with E-state index < -0.39 is 35.5 Å². The van der Waals surface area contributed by atoms with Crippen molar-refractivity contribution in [2.75, 3.05) is 19.7 Å². The van der Waals surface area contributed by atoms with Gasteiger partial charge in [0.25, 0.3) is 11.6 Å². The van der Waals surface area contributed by atoms with Crippen LogP contribution < -0.4 is 31.8 Å². The molecule has 6 rings (SSSR count). The molecule has 0 radical (unpaired) electrons. The minimum atomic E-state index is -2.62. The standard InChI is InChI=1S/C25H32N8O6/c1-23(2)8-9-39-18-12(4-3-5-13(18)23)20(36)29-15-11-33-22(27)28-14(10-32-16(34)6-7-17(32)35)19-24(33,25(15,37)38)31-21(26)30-19/h3-5,14-15,19,37-38H,6-11H2,1-2H3,(H2,27,28)(H,29,36)(H3,26,30,31)/p+1/t14-,15?,19-,24-/m0/s1. The summed E-state index contributed by atoms with van der Waals surface area (Å²) in [6.07, 6.45) is 1.01. The van der Waals surface area contributed by atoms with Crippen molar-refractivity contribution < 1.29 is 34.3 Å². The predicted octanol–water partition coefficient (Wildman–Crippen LogP) is -4.25. The van der Waals surface area contributed by atoms with Crippen molar-refractivity contribution in [2.24, 2.45) is 16.5 Å². The summed E-state index contributed by atoms with van der Waals surface area (Å²) in [6, 6.07) is 2.35. The maximum absolute atomic E-state index is 13.5. The van der Waals surface area contributed by atoms with Crippen LogP contribution in [-0.4, -0.2) is 98.9 Å². The van der Waals surface area contributed by atoms with E-state index in [4.69, 9.17) is 16.2 Å². The zero-order valence-corrected chi connectivity index (χ0v) is 21.7. The molecule has 39 heavy (non-hydrogen) atoms. The van der Waals surface area contributed by atoms with Gasteiger partial charge in [0.05, 0.1) is 25.3 Å². The molecule has 3 amide bonds. The van der Waals surface area contributed by atoms with Gasteiger partial charge in [-0.15, -0.1) is 0 Å². The Kier molecular flexibility index (Phi) is 5.40. The smallest absolute Gasteiger partial charge is 0.343 e. The van der Waals surface area contributed by atoms with E-state index in [9.17, 15) is 24.6 Å². The van der Waals surface area contributed by atoms with Gasteiger partial charge in [-0.1, -0.05) is 26.0 Å². The minimum absolute atomic E-state index is 0.0335. The van der Waals surface area contributed by atoms with E-state index in [1.54, 1.807) is 12.1 Å². The number of carbonyl (C=O) groups excluding carboxylic acids is 3. The van der Waals surface area contributed by atoms with Crippen LogP contribution in [0.2, 0.25) is 0 Å². The molecule has 14 heteroatoms. The lowest BCUT2D eigenvalue weighted by molar-refractivity contribution is -0.521. The van der Waals surface area contributed by atoms with Crippen molar-refractivity contribution in [1.82, 2.24) is 20.4 Å². The van der Waals surface area contributed by atoms with Crippen molar-refractivity contribution in [2.45, 2.75) is 68.1 Å². The van der Waals surface area contributed by atoms with Gasteiger partial charge in [0.15, 0.2) is 12.0 Å². The van der Waals surface area contributed by atoms with Crippen molar-refractivity contribution in [3.05, 3.63) is 29.3 Å². The van der Waals surface area contributed by atoms with Gasteiger partial charge in [-0.3, -0.25) is 34.9 Å². The molecule has 4 atom stereocenters. The zero-order chi connectivity index (χ0) is 27.9. The molecule has 9 N–H and O–H groups in total. The molecule has 5 aliphatic heterocycles. The van der Waals surface area contributed by atoms with E-state index in [-0.39, 0.29) is 60.6 Å². The summed E-state index contributed by atoms with van der Waals surface area (Å²) in [5.41, 5.74) is 11.6. The van der Waals surface area contributed by atoms with Crippen molar-refractivity contribution in [3.8, 4) is 5.75 Å². The number of imide groups is 1. The van der Waals surface area contributed by atoms with E-state index in [2.05, 4.69) is 34.5 Å². The average Bonchev–Trinajstić information content (AvgIpc) is 3.46. The molecule has 1 aromatic carbocycles. The molecular weight excluding hydrogens is 508 g/mol. The molecule has 2 fully saturated rings. The van der Waals surface area contributed by atoms with E-state index in [1.807, 2.05) is 6.07 Å². The first-order valence-corrected chi connectivity index (χ1v) is 13.0. The molecule has 5 heterocycles. The molecule has 0 saturated carbocycles. The number of hydrogen-bond donors (Lipinski definition) is 7. The van der Waals surface area contributed by atoms with Gasteiger partial charge in [-0.25, -0.2) is 10.3 Å². The minimum Gasteiger partial charge on any atom is -0.492 e. The summed E-state index contributed by atoms with van der Waals surface area (Å²) in [7, 11) is 0. The second-order valence-corrected chi connectivity index (χ2v) is 11.4.